The van der Waals surface area contributed by atoms with Crippen LogP contribution in [0.3, 0.4) is 0 Å². The van der Waals surface area contributed by atoms with E-state index in [0.717, 1.165) is 44.4 Å². The minimum absolute atomic E-state index is 0.0162. The lowest BCUT2D eigenvalue weighted by Gasteiger charge is -2.73. The monoisotopic (exact) mass is 681 g/mol. The van der Waals surface area contributed by atoms with Crippen molar-refractivity contribution in [1.29, 1.82) is 0 Å². The highest BCUT2D eigenvalue weighted by atomic mass is 16.5. The van der Waals surface area contributed by atoms with E-state index in [9.17, 15) is 9.90 Å². The van der Waals surface area contributed by atoms with Crippen LogP contribution < -0.4 is 0 Å². The zero-order chi connectivity index (χ0) is 35.8. The van der Waals surface area contributed by atoms with Gasteiger partial charge in [-0.25, -0.2) is 0 Å². The quantitative estimate of drug-likeness (QED) is 0.106. The van der Waals surface area contributed by atoms with Crippen LogP contribution in [0, 0.1) is 62.6 Å². The van der Waals surface area contributed by atoms with Crippen molar-refractivity contribution >= 4 is 5.97 Å². The number of hydrogen-bond acceptors (Lipinski definition) is 3. The summed E-state index contributed by atoms with van der Waals surface area (Å²) >= 11 is 0. The third-order valence-electron chi connectivity index (χ3n) is 17.2. The predicted octanol–water partition coefficient (Wildman–Crippen LogP) is 12.9. The van der Waals surface area contributed by atoms with E-state index in [-0.39, 0.29) is 45.3 Å². The van der Waals surface area contributed by atoms with Gasteiger partial charge in [-0.1, -0.05) is 132 Å². The number of aliphatic hydroxyl groups is 1. The summed E-state index contributed by atoms with van der Waals surface area (Å²) < 4.78 is 6.40. The standard InChI is InChI=1S/C46H80O3/c1-32(2)21-19-17-15-13-11-12-14-16-18-20-22-40(48)49-39-27-29-43(7)36(42(39,5)6)26-30-45(9)37(43)24-23-35-41-34(33(3)4)25-28-44(41,8)38(47)31-46(35,45)10/h32,34-39,41,47H,3,11-31H2,1-2,4-10H3/t34-,35-,36+,37-,38+,39+,41-,43+,44-,45-,46-/m1/s1. The average molecular weight is 681 g/mol. The highest BCUT2D eigenvalue weighted by Crippen LogP contribution is 2.77. The van der Waals surface area contributed by atoms with E-state index < -0.39 is 0 Å². The molecule has 0 aliphatic heterocycles. The molecule has 0 spiro atoms. The van der Waals surface area contributed by atoms with Gasteiger partial charge in [-0.3, -0.25) is 4.79 Å². The second kappa shape index (κ2) is 15.3. The van der Waals surface area contributed by atoms with Gasteiger partial charge in [-0.05, 0) is 128 Å². The fourth-order valence-electron chi connectivity index (χ4n) is 14.2. The molecule has 282 valence electrons. The number of carbonyl (C=O) groups is 1. The zero-order valence-electron chi connectivity index (χ0n) is 33.9. The molecule has 49 heavy (non-hydrogen) atoms. The van der Waals surface area contributed by atoms with Gasteiger partial charge in [0.25, 0.3) is 0 Å². The smallest absolute Gasteiger partial charge is 0.306 e. The SMILES string of the molecule is C=C(C)[C@H]1CC[C@@]2(C)[C@H]1[C@H]1CC[C@@H]3[C@@]4(C)CC[C@H](OC(=O)CCCCCCCCCCCCC(C)C)C(C)(C)[C@@H]4CC[C@@]3(C)[C@]1(C)C[C@@H]2O. The summed E-state index contributed by atoms with van der Waals surface area (Å²) in [4.78, 5) is 13.2. The second-order valence-corrected chi connectivity index (χ2v) is 20.7. The van der Waals surface area contributed by atoms with Crippen molar-refractivity contribution in [3.63, 3.8) is 0 Å². The van der Waals surface area contributed by atoms with Crippen molar-refractivity contribution in [1.82, 2.24) is 0 Å². The summed E-state index contributed by atoms with van der Waals surface area (Å²) in [5.41, 5.74) is 1.98. The average Bonchev–Trinajstić information content (AvgIpc) is 3.38. The van der Waals surface area contributed by atoms with Crippen molar-refractivity contribution in [3.8, 4) is 0 Å². The molecule has 11 atom stereocenters. The van der Waals surface area contributed by atoms with Gasteiger partial charge in [0, 0.05) is 11.8 Å². The van der Waals surface area contributed by atoms with Crippen LogP contribution in [0.5, 0.6) is 0 Å². The lowest BCUT2D eigenvalue weighted by molar-refractivity contribution is -0.262. The molecule has 0 aromatic rings. The maximum Gasteiger partial charge on any atom is 0.306 e. The number of carbonyl (C=O) groups excluding carboxylic acids is 1. The molecule has 1 N–H and O–H groups in total. The fourth-order valence-corrected chi connectivity index (χ4v) is 14.2. The number of fused-ring (bicyclic) bond motifs is 7. The molecule has 0 aromatic heterocycles. The van der Waals surface area contributed by atoms with Gasteiger partial charge in [0.05, 0.1) is 6.10 Å². The molecular weight excluding hydrogens is 601 g/mol. The van der Waals surface area contributed by atoms with Gasteiger partial charge in [-0.15, -0.1) is 0 Å². The second-order valence-electron chi connectivity index (χ2n) is 20.7. The summed E-state index contributed by atoms with van der Waals surface area (Å²) in [6, 6.07) is 0. The third kappa shape index (κ3) is 7.26. The van der Waals surface area contributed by atoms with Crippen molar-refractivity contribution in [2.45, 2.75) is 209 Å². The maximum absolute atomic E-state index is 13.2. The minimum atomic E-state index is -0.218. The van der Waals surface area contributed by atoms with E-state index in [1.807, 2.05) is 0 Å². The van der Waals surface area contributed by atoms with Gasteiger partial charge in [0.2, 0.25) is 0 Å². The van der Waals surface area contributed by atoms with Crippen LogP contribution in [0.1, 0.15) is 197 Å². The van der Waals surface area contributed by atoms with Crippen molar-refractivity contribution in [2.75, 3.05) is 0 Å². The van der Waals surface area contributed by atoms with Crippen LogP contribution in [0.2, 0.25) is 0 Å². The van der Waals surface area contributed by atoms with E-state index in [0.29, 0.717) is 36.0 Å². The van der Waals surface area contributed by atoms with Crippen molar-refractivity contribution in [2.24, 2.45) is 62.6 Å². The molecule has 5 rings (SSSR count). The molecule has 5 fully saturated rings. The highest BCUT2D eigenvalue weighted by molar-refractivity contribution is 5.69. The maximum atomic E-state index is 13.2. The molecule has 3 heteroatoms. The number of ether oxygens (including phenoxy) is 1. The number of aliphatic hydroxyl groups excluding tert-OH is 1. The van der Waals surface area contributed by atoms with E-state index >= 15 is 0 Å². The molecule has 0 aromatic carbocycles. The van der Waals surface area contributed by atoms with Crippen LogP contribution in [0.25, 0.3) is 0 Å². The Kier molecular flexibility index (Phi) is 12.3. The summed E-state index contributed by atoms with van der Waals surface area (Å²) in [6.07, 6.45) is 25.3. The third-order valence-corrected chi connectivity index (χ3v) is 17.2. The zero-order valence-corrected chi connectivity index (χ0v) is 33.9. The normalized spacial score (nSPS) is 42.6. The lowest BCUT2D eigenvalue weighted by atomic mass is 9.32. The Morgan fingerprint density at radius 2 is 1.33 bits per heavy atom. The minimum Gasteiger partial charge on any atom is -0.462 e. The molecule has 5 aliphatic rings. The lowest BCUT2D eigenvalue weighted by Crippen LogP contribution is -2.68. The van der Waals surface area contributed by atoms with Crippen LogP contribution in [0.4, 0.5) is 0 Å². The largest absolute Gasteiger partial charge is 0.462 e. The van der Waals surface area contributed by atoms with Crippen molar-refractivity contribution in [3.05, 3.63) is 12.2 Å². The Balaban J connectivity index is 1.13. The van der Waals surface area contributed by atoms with Gasteiger partial charge < -0.3 is 9.84 Å². The molecule has 5 aliphatic carbocycles. The van der Waals surface area contributed by atoms with E-state index in [1.54, 1.807) is 0 Å². The van der Waals surface area contributed by atoms with Crippen LogP contribution in [-0.4, -0.2) is 23.3 Å². The van der Waals surface area contributed by atoms with Gasteiger partial charge >= 0.3 is 5.97 Å². The Bertz CT molecular complexity index is 1140. The first kappa shape index (κ1) is 39.4. The topological polar surface area (TPSA) is 46.5 Å². The molecule has 0 saturated heterocycles. The van der Waals surface area contributed by atoms with Gasteiger partial charge in [0.15, 0.2) is 0 Å². The Morgan fingerprint density at radius 1 is 0.735 bits per heavy atom. The van der Waals surface area contributed by atoms with Crippen LogP contribution in [0.15, 0.2) is 12.2 Å². The first-order valence-corrected chi connectivity index (χ1v) is 21.6. The molecule has 0 amide bonds. The van der Waals surface area contributed by atoms with Crippen LogP contribution in [-0.2, 0) is 9.53 Å². The van der Waals surface area contributed by atoms with E-state index in [1.165, 1.54) is 95.5 Å². The Hall–Kier alpha value is -0.830. The summed E-state index contributed by atoms with van der Waals surface area (Å²) in [7, 11) is 0. The number of unbranched alkanes of at least 4 members (excludes halogenated alkanes) is 9. The Morgan fingerprint density at radius 3 is 1.94 bits per heavy atom. The highest BCUT2D eigenvalue weighted by Gasteiger charge is 2.72. The van der Waals surface area contributed by atoms with Crippen molar-refractivity contribution < 1.29 is 14.6 Å². The summed E-state index contributed by atoms with van der Waals surface area (Å²) in [5, 5.41) is 11.9. The summed E-state index contributed by atoms with van der Waals surface area (Å²) in [6.45, 7) is 26.6. The number of hydrogen-bond donors (Lipinski definition) is 1. The number of allylic oxidation sites excluding steroid dienone is 1. The summed E-state index contributed by atoms with van der Waals surface area (Å²) in [5.74, 6) is 3.89. The molecular formula is C46H80O3. The van der Waals surface area contributed by atoms with E-state index in [2.05, 4.69) is 68.9 Å². The molecule has 0 bridgehead atoms. The molecule has 5 saturated carbocycles. The van der Waals surface area contributed by atoms with Gasteiger partial charge in [-0.2, -0.15) is 0 Å². The number of rotatable bonds is 15. The van der Waals surface area contributed by atoms with Crippen LogP contribution >= 0.6 is 0 Å². The number of esters is 1. The fraction of sp³-hybridized carbons (Fsp3) is 0.935. The molecule has 0 heterocycles. The Labute approximate surface area is 304 Å². The first-order chi connectivity index (χ1) is 23.0. The molecule has 3 nitrogen and oxygen atoms in total. The molecule has 0 radical (unpaired) electrons. The van der Waals surface area contributed by atoms with Gasteiger partial charge in [0.1, 0.15) is 6.10 Å². The molecule has 0 unspecified atom stereocenters. The predicted molar refractivity (Wildman–Crippen MR) is 206 cm³/mol. The first-order valence-electron chi connectivity index (χ1n) is 21.6. The van der Waals surface area contributed by atoms with E-state index in [4.69, 9.17) is 4.74 Å².